The number of hydrogen-bond donors (Lipinski definition) is 1. The van der Waals surface area contributed by atoms with E-state index < -0.39 is 0 Å². The van der Waals surface area contributed by atoms with Crippen molar-refractivity contribution in [2.24, 2.45) is 0 Å². The first kappa shape index (κ1) is 9.28. The molecule has 0 fully saturated rings. The minimum Gasteiger partial charge on any atom is -0.285 e. The smallest absolute Gasteiger partial charge is 0.0865 e. The molecule has 0 bridgehead atoms. The van der Waals surface area contributed by atoms with E-state index in [4.69, 9.17) is 11.6 Å². The molecule has 0 aliphatic rings. The van der Waals surface area contributed by atoms with Gasteiger partial charge in [-0.3, -0.25) is 5.10 Å². The van der Waals surface area contributed by atoms with Gasteiger partial charge in [0.2, 0.25) is 0 Å². The Morgan fingerprint density at radius 1 is 1.21 bits per heavy atom. The number of nitrogens with one attached hydrogen (secondary N) is 1. The Balaban J connectivity index is 2.28. The highest BCUT2D eigenvalue weighted by Crippen LogP contribution is 2.27. The van der Waals surface area contributed by atoms with Gasteiger partial charge >= 0.3 is 0 Å². The Morgan fingerprint density at radius 2 is 1.93 bits per heavy atom. The summed E-state index contributed by atoms with van der Waals surface area (Å²) in [5.74, 6) is 0. The predicted molar refractivity (Wildman–Crippen MR) is 57.5 cm³/mol. The lowest BCUT2D eigenvalue weighted by molar-refractivity contribution is 1.09. The minimum absolute atomic E-state index is 0.116. The Kier molecular flexibility index (Phi) is 2.55. The molecule has 0 saturated carbocycles. The highest BCUT2D eigenvalue weighted by molar-refractivity contribution is 6.22. The van der Waals surface area contributed by atoms with Gasteiger partial charge in [-0.2, -0.15) is 5.10 Å². The predicted octanol–water partition coefficient (Wildman–Crippen LogP) is 3.05. The van der Waals surface area contributed by atoms with Crippen molar-refractivity contribution in [2.45, 2.75) is 12.3 Å². The Morgan fingerprint density at radius 3 is 2.50 bits per heavy atom. The fourth-order valence-corrected chi connectivity index (χ4v) is 1.59. The van der Waals surface area contributed by atoms with Crippen LogP contribution in [0.25, 0.3) is 0 Å². The van der Waals surface area contributed by atoms with E-state index in [1.165, 1.54) is 5.56 Å². The lowest BCUT2D eigenvalue weighted by Gasteiger charge is -2.07. The molecule has 0 aliphatic carbocycles. The molecule has 1 heterocycles. The van der Waals surface area contributed by atoms with Crippen LogP contribution in [0, 0.1) is 6.92 Å². The molecule has 0 spiro atoms. The van der Waals surface area contributed by atoms with Crippen molar-refractivity contribution < 1.29 is 0 Å². The maximum atomic E-state index is 6.27. The van der Waals surface area contributed by atoms with Crippen LogP contribution >= 0.6 is 11.6 Å². The van der Waals surface area contributed by atoms with Crippen molar-refractivity contribution >= 4 is 11.6 Å². The third-order valence-electron chi connectivity index (χ3n) is 2.18. The maximum Gasteiger partial charge on any atom is 0.0865 e. The lowest BCUT2D eigenvalue weighted by Crippen LogP contribution is -1.90. The minimum atomic E-state index is -0.116. The van der Waals surface area contributed by atoms with Crippen LogP contribution in [-0.2, 0) is 0 Å². The number of halogens is 1. The third kappa shape index (κ3) is 1.80. The van der Waals surface area contributed by atoms with Crippen LogP contribution in [0.2, 0.25) is 0 Å². The Labute approximate surface area is 87.9 Å². The van der Waals surface area contributed by atoms with Gasteiger partial charge in [0.1, 0.15) is 0 Å². The third-order valence-corrected chi connectivity index (χ3v) is 2.69. The van der Waals surface area contributed by atoms with Gasteiger partial charge in [0.05, 0.1) is 11.6 Å². The topological polar surface area (TPSA) is 28.7 Å². The van der Waals surface area contributed by atoms with Gasteiger partial charge in [0.25, 0.3) is 0 Å². The van der Waals surface area contributed by atoms with Gasteiger partial charge in [0.15, 0.2) is 0 Å². The number of aromatic amines is 1. The number of alkyl halides is 1. The van der Waals surface area contributed by atoms with E-state index >= 15 is 0 Å². The first-order valence-electron chi connectivity index (χ1n) is 4.46. The summed E-state index contributed by atoms with van der Waals surface area (Å²) >= 11 is 6.27. The first-order chi connectivity index (χ1) is 6.77. The van der Waals surface area contributed by atoms with Gasteiger partial charge in [-0.15, -0.1) is 11.6 Å². The molecule has 0 radical (unpaired) electrons. The van der Waals surface area contributed by atoms with Gasteiger partial charge in [-0.05, 0) is 12.5 Å². The summed E-state index contributed by atoms with van der Waals surface area (Å²) in [7, 11) is 0. The van der Waals surface area contributed by atoms with Crippen molar-refractivity contribution in [1.29, 1.82) is 0 Å². The van der Waals surface area contributed by atoms with Gasteiger partial charge in [-0.25, -0.2) is 0 Å². The summed E-state index contributed by atoms with van der Waals surface area (Å²) in [5, 5.41) is 6.52. The van der Waals surface area contributed by atoms with Crippen LogP contribution in [0.15, 0.2) is 36.7 Å². The van der Waals surface area contributed by atoms with Gasteiger partial charge in [0, 0.05) is 11.8 Å². The summed E-state index contributed by atoms with van der Waals surface area (Å²) in [6, 6.07) is 8.20. The van der Waals surface area contributed by atoms with Crippen LogP contribution in [0.3, 0.4) is 0 Å². The van der Waals surface area contributed by atoms with E-state index in [-0.39, 0.29) is 5.38 Å². The van der Waals surface area contributed by atoms with E-state index in [1.807, 2.05) is 18.3 Å². The summed E-state index contributed by atoms with van der Waals surface area (Å²) < 4.78 is 0. The molecule has 1 unspecified atom stereocenters. The number of benzene rings is 1. The first-order valence-corrected chi connectivity index (χ1v) is 4.90. The van der Waals surface area contributed by atoms with E-state index in [0.717, 1.165) is 11.1 Å². The van der Waals surface area contributed by atoms with Crippen LogP contribution in [0.1, 0.15) is 22.1 Å². The molecule has 0 amide bonds. The SMILES string of the molecule is Cc1ccc(C(Cl)c2cn[nH]c2)cc1. The van der Waals surface area contributed by atoms with Crippen molar-refractivity contribution in [3.8, 4) is 0 Å². The largest absolute Gasteiger partial charge is 0.285 e. The molecule has 1 N–H and O–H groups in total. The fraction of sp³-hybridized carbons (Fsp3) is 0.182. The molecule has 2 nitrogen and oxygen atoms in total. The van der Waals surface area contributed by atoms with Crippen molar-refractivity contribution in [2.75, 3.05) is 0 Å². The Bertz CT molecular complexity index is 392. The van der Waals surface area contributed by atoms with Crippen molar-refractivity contribution in [1.82, 2.24) is 10.2 Å². The molecule has 2 aromatic rings. The van der Waals surface area contributed by atoms with Crippen LogP contribution < -0.4 is 0 Å². The average Bonchev–Trinajstić information content (AvgIpc) is 2.71. The summed E-state index contributed by atoms with van der Waals surface area (Å²) in [4.78, 5) is 0. The van der Waals surface area contributed by atoms with Crippen LogP contribution in [0.4, 0.5) is 0 Å². The second-order valence-electron chi connectivity index (χ2n) is 3.30. The molecule has 72 valence electrons. The number of aromatic nitrogens is 2. The molecular weight excluding hydrogens is 196 g/mol. The zero-order valence-electron chi connectivity index (χ0n) is 7.87. The molecule has 14 heavy (non-hydrogen) atoms. The van der Waals surface area contributed by atoms with E-state index in [0.29, 0.717) is 0 Å². The van der Waals surface area contributed by atoms with Crippen LogP contribution in [0.5, 0.6) is 0 Å². The lowest BCUT2D eigenvalue weighted by atomic mass is 10.1. The second kappa shape index (κ2) is 3.84. The monoisotopic (exact) mass is 206 g/mol. The number of aryl methyl sites for hydroxylation is 1. The molecule has 2 rings (SSSR count). The zero-order valence-corrected chi connectivity index (χ0v) is 8.62. The highest BCUT2D eigenvalue weighted by atomic mass is 35.5. The zero-order chi connectivity index (χ0) is 9.97. The molecular formula is C11H11ClN2. The molecule has 1 atom stereocenters. The molecule has 3 heteroatoms. The number of rotatable bonds is 2. The maximum absolute atomic E-state index is 6.27. The van der Waals surface area contributed by atoms with Crippen molar-refractivity contribution in [3.05, 3.63) is 53.3 Å². The molecule has 0 aliphatic heterocycles. The number of H-pyrrole nitrogens is 1. The van der Waals surface area contributed by atoms with Crippen LogP contribution in [-0.4, -0.2) is 10.2 Å². The highest BCUT2D eigenvalue weighted by Gasteiger charge is 2.10. The summed E-state index contributed by atoms with van der Waals surface area (Å²) in [6.07, 6.45) is 3.56. The molecule has 1 aromatic heterocycles. The average molecular weight is 207 g/mol. The van der Waals surface area contributed by atoms with E-state index in [2.05, 4.69) is 29.3 Å². The summed E-state index contributed by atoms with van der Waals surface area (Å²) in [6.45, 7) is 2.06. The Hall–Kier alpha value is -1.28. The molecule has 1 aromatic carbocycles. The number of hydrogen-bond acceptors (Lipinski definition) is 1. The van der Waals surface area contributed by atoms with E-state index in [9.17, 15) is 0 Å². The quantitative estimate of drug-likeness (QED) is 0.752. The van der Waals surface area contributed by atoms with Gasteiger partial charge in [-0.1, -0.05) is 29.8 Å². The standard InChI is InChI=1S/C11H11ClN2/c1-8-2-4-9(5-3-8)11(12)10-6-13-14-7-10/h2-7,11H,1H3,(H,13,14). The number of nitrogens with zero attached hydrogens (tertiary/aromatic N) is 1. The second-order valence-corrected chi connectivity index (χ2v) is 3.74. The van der Waals surface area contributed by atoms with Gasteiger partial charge < -0.3 is 0 Å². The van der Waals surface area contributed by atoms with Crippen molar-refractivity contribution in [3.63, 3.8) is 0 Å². The molecule has 0 saturated heterocycles. The summed E-state index contributed by atoms with van der Waals surface area (Å²) in [5.41, 5.74) is 3.33. The normalized spacial score (nSPS) is 12.7. The fourth-order valence-electron chi connectivity index (χ4n) is 1.33. The van der Waals surface area contributed by atoms with E-state index in [1.54, 1.807) is 6.20 Å².